The molecule has 0 heterocycles. The molecule has 6 heteroatoms. The minimum Gasteiger partial charge on any atom is -0.640 e. The Bertz CT molecular complexity index is 76.1. The molecule has 0 atom stereocenters. The van der Waals surface area contributed by atoms with Gasteiger partial charge in [-0.3, -0.25) is 4.79 Å². The maximum Gasteiger partial charge on any atom is 0.270 e. The van der Waals surface area contributed by atoms with Gasteiger partial charge in [0.15, 0.2) is 0 Å². The van der Waals surface area contributed by atoms with Gasteiger partial charge >= 0.3 is 0 Å². The first kappa shape index (κ1) is 29.4. The summed E-state index contributed by atoms with van der Waals surface area (Å²) in [6.45, 7) is 7.09. The number of carbonyl (C=O) groups excluding carboxylic acids is 1. The van der Waals surface area contributed by atoms with E-state index in [-0.39, 0.29) is 47.5 Å². The molecule has 0 aromatic carbocycles. The van der Waals surface area contributed by atoms with Gasteiger partial charge in [0.25, 0.3) is 5.97 Å². The second kappa shape index (κ2) is 48.1. The molecule has 94 valence electrons. The van der Waals surface area contributed by atoms with Gasteiger partial charge in [-0.15, -0.1) is 0 Å². The van der Waals surface area contributed by atoms with Gasteiger partial charge < -0.3 is 20.1 Å². The van der Waals surface area contributed by atoms with E-state index < -0.39 is 0 Å². The Labute approximate surface area is 107 Å². The fourth-order valence-electron chi connectivity index (χ4n) is 0. The average molecular weight is 259 g/mol. The van der Waals surface area contributed by atoms with Crippen LogP contribution in [0.15, 0.2) is 0 Å². The Balaban J connectivity index is -0.0000000300. The summed E-state index contributed by atoms with van der Waals surface area (Å²) in [5, 5.41) is 22.7. The number of hydrogen-bond donors (Lipinski definition) is 3. The van der Waals surface area contributed by atoms with Crippen LogP contribution in [0.5, 0.6) is 0 Å². The van der Waals surface area contributed by atoms with Crippen LogP contribution in [0.4, 0.5) is 0 Å². The SMILES string of the molecule is CCO.CCO.CCO.[CH2-]OC(C)=O.[Ti]. The smallest absolute Gasteiger partial charge is 0.270 e. The Kier molecular flexibility index (Phi) is 94.3. The maximum atomic E-state index is 9.53. The van der Waals surface area contributed by atoms with Crippen molar-refractivity contribution in [2.45, 2.75) is 27.7 Å². The summed E-state index contributed by atoms with van der Waals surface area (Å²) in [4.78, 5) is 9.53. The number of hydrogen-bond acceptors (Lipinski definition) is 5. The second-order valence-electron chi connectivity index (χ2n) is 1.58. The molecule has 0 fully saturated rings. The molecular formula is C9H23O5Ti-. The largest absolute Gasteiger partial charge is 0.640 e. The summed E-state index contributed by atoms with van der Waals surface area (Å²) in [7, 11) is 2.84. The van der Waals surface area contributed by atoms with Gasteiger partial charge in [-0.25, -0.2) is 0 Å². The van der Waals surface area contributed by atoms with Crippen molar-refractivity contribution in [3.8, 4) is 0 Å². The Morgan fingerprint density at radius 3 is 1.13 bits per heavy atom. The fourth-order valence-corrected chi connectivity index (χ4v) is 0. The molecule has 0 amide bonds. The molecule has 0 bridgehead atoms. The van der Waals surface area contributed by atoms with Gasteiger partial charge in [-0.2, -0.15) is 7.11 Å². The van der Waals surface area contributed by atoms with E-state index >= 15 is 0 Å². The number of rotatable bonds is 0. The van der Waals surface area contributed by atoms with Crippen LogP contribution in [0, 0.1) is 7.11 Å². The normalized spacial score (nSPS) is 5.87. The van der Waals surface area contributed by atoms with E-state index in [1.807, 2.05) is 0 Å². The second-order valence-corrected chi connectivity index (χ2v) is 1.58. The summed E-state index contributed by atoms with van der Waals surface area (Å²) >= 11 is 0. The first-order valence-corrected chi connectivity index (χ1v) is 4.27. The van der Waals surface area contributed by atoms with E-state index in [2.05, 4.69) is 11.8 Å². The quantitative estimate of drug-likeness (QED) is 0.331. The topological polar surface area (TPSA) is 87.0 Å². The predicted octanol–water partition coefficient (Wildman–Crippen LogP) is 0.334. The van der Waals surface area contributed by atoms with Crippen molar-refractivity contribution < 1.29 is 46.6 Å². The molecule has 0 spiro atoms. The Hall–Kier alpha value is 0.0643. The Morgan fingerprint density at radius 1 is 1.07 bits per heavy atom. The van der Waals surface area contributed by atoms with Gasteiger partial charge in [-0.05, 0) is 20.8 Å². The molecule has 0 aromatic heterocycles. The van der Waals surface area contributed by atoms with Crippen molar-refractivity contribution in [1.29, 1.82) is 0 Å². The standard InChI is InChI=1S/C3H5O2.3C2H6O.Ti/c1-3(4)5-2;3*1-2-3;/h2H2,1H3;3*3H,2H2,1H3;/q-1;;;;. The van der Waals surface area contributed by atoms with E-state index in [1.54, 1.807) is 20.8 Å². The van der Waals surface area contributed by atoms with Crippen molar-refractivity contribution in [3.05, 3.63) is 7.11 Å². The maximum absolute atomic E-state index is 9.53. The molecule has 5 nitrogen and oxygen atoms in total. The van der Waals surface area contributed by atoms with Crippen LogP contribution in [0.1, 0.15) is 27.7 Å². The fraction of sp³-hybridized carbons (Fsp3) is 0.778. The van der Waals surface area contributed by atoms with Gasteiger partial charge in [0.1, 0.15) is 0 Å². The molecule has 0 radical (unpaired) electrons. The van der Waals surface area contributed by atoms with Crippen molar-refractivity contribution in [1.82, 2.24) is 0 Å². The first-order chi connectivity index (χ1) is 6.51. The third-order valence-electron chi connectivity index (χ3n) is 0.203. The van der Waals surface area contributed by atoms with E-state index in [0.29, 0.717) is 0 Å². The molecule has 0 aliphatic rings. The van der Waals surface area contributed by atoms with Gasteiger partial charge in [0.05, 0.1) is 0 Å². The molecule has 0 aliphatic carbocycles. The van der Waals surface area contributed by atoms with E-state index in [4.69, 9.17) is 15.3 Å². The third-order valence-corrected chi connectivity index (χ3v) is 0.203. The summed E-state index contributed by atoms with van der Waals surface area (Å²) in [5.74, 6) is -0.356. The molecule has 3 N–H and O–H groups in total. The average Bonchev–Trinajstić information content (AvgIpc) is 2.08. The van der Waals surface area contributed by atoms with Gasteiger partial charge in [0.2, 0.25) is 0 Å². The van der Waals surface area contributed by atoms with Gasteiger partial charge in [-0.1, -0.05) is 0 Å². The molecule has 0 saturated heterocycles. The zero-order chi connectivity index (χ0) is 12.4. The zero-order valence-corrected chi connectivity index (χ0v) is 11.5. The number of aliphatic hydroxyl groups is 3. The molecule has 0 aromatic rings. The zero-order valence-electron chi connectivity index (χ0n) is 9.99. The predicted molar refractivity (Wildman–Crippen MR) is 55.4 cm³/mol. The van der Waals surface area contributed by atoms with Gasteiger partial charge in [0, 0.05) is 48.5 Å². The molecule has 0 aliphatic heterocycles. The van der Waals surface area contributed by atoms with E-state index in [0.717, 1.165) is 0 Å². The summed E-state index contributed by atoms with van der Waals surface area (Å²) < 4.78 is 3.86. The summed E-state index contributed by atoms with van der Waals surface area (Å²) in [6, 6.07) is 0. The van der Waals surface area contributed by atoms with E-state index in [1.165, 1.54) is 6.92 Å². The molecule has 0 unspecified atom stereocenters. The van der Waals surface area contributed by atoms with E-state index in [9.17, 15) is 4.79 Å². The van der Waals surface area contributed by atoms with Crippen LogP contribution >= 0.6 is 0 Å². The van der Waals surface area contributed by atoms with Crippen molar-refractivity contribution in [2.24, 2.45) is 0 Å². The number of esters is 1. The number of ether oxygens (including phenoxy) is 1. The molecular weight excluding hydrogens is 236 g/mol. The molecule has 15 heavy (non-hydrogen) atoms. The minimum absolute atomic E-state index is 0. The number of carbonyl (C=O) groups is 1. The molecule has 0 rings (SSSR count). The van der Waals surface area contributed by atoms with Crippen molar-refractivity contribution >= 4 is 5.97 Å². The monoisotopic (exact) mass is 259 g/mol. The van der Waals surface area contributed by atoms with Crippen LogP contribution in [0.25, 0.3) is 0 Å². The van der Waals surface area contributed by atoms with Crippen LogP contribution in [0.2, 0.25) is 0 Å². The summed E-state index contributed by atoms with van der Waals surface area (Å²) in [6.07, 6.45) is 0. The van der Waals surface area contributed by atoms with Crippen molar-refractivity contribution in [3.63, 3.8) is 0 Å². The Morgan fingerprint density at radius 2 is 1.13 bits per heavy atom. The minimum atomic E-state index is -0.356. The van der Waals surface area contributed by atoms with Crippen LogP contribution in [-0.4, -0.2) is 41.1 Å². The summed E-state index contributed by atoms with van der Waals surface area (Å²) in [5.41, 5.74) is 0. The van der Waals surface area contributed by atoms with Crippen LogP contribution in [-0.2, 0) is 31.2 Å². The molecule has 0 saturated carbocycles. The third kappa shape index (κ3) is 480. The van der Waals surface area contributed by atoms with Crippen LogP contribution in [0.3, 0.4) is 0 Å². The first-order valence-electron chi connectivity index (χ1n) is 4.27. The van der Waals surface area contributed by atoms with Crippen LogP contribution < -0.4 is 0 Å². The number of aliphatic hydroxyl groups excluding tert-OH is 3. The van der Waals surface area contributed by atoms with Crippen molar-refractivity contribution in [2.75, 3.05) is 19.8 Å².